The van der Waals surface area contributed by atoms with E-state index in [-0.39, 0.29) is 28.0 Å². The van der Waals surface area contributed by atoms with E-state index in [9.17, 15) is 4.79 Å². The molecule has 0 aromatic heterocycles. The van der Waals surface area contributed by atoms with E-state index in [0.29, 0.717) is 18.9 Å². The van der Waals surface area contributed by atoms with E-state index in [4.69, 9.17) is 9.47 Å². The van der Waals surface area contributed by atoms with Crippen LogP contribution in [0.4, 0.5) is 0 Å². The molecule has 0 N–H and O–H groups in total. The summed E-state index contributed by atoms with van der Waals surface area (Å²) < 4.78 is 12.4. The van der Waals surface area contributed by atoms with Gasteiger partial charge in [-0.05, 0) is 136 Å². The number of nitrogens with zero attached hydrogens (tertiary/aromatic N) is 3. The molecule has 0 saturated carbocycles. The molecule has 0 aliphatic carbocycles. The molecule has 43 heavy (non-hydrogen) atoms. The fourth-order valence-electron chi connectivity index (χ4n) is 6.53. The summed E-state index contributed by atoms with van der Waals surface area (Å²) in [6.45, 7) is 30.0. The van der Waals surface area contributed by atoms with E-state index < -0.39 is 0 Å². The Balaban J connectivity index is 1.30. The van der Waals surface area contributed by atoms with Crippen molar-refractivity contribution >= 4 is 5.91 Å². The molecule has 2 fully saturated rings. The summed E-state index contributed by atoms with van der Waals surface area (Å²) in [5, 5.41) is 0. The van der Waals surface area contributed by atoms with E-state index in [1.807, 2.05) is 4.90 Å². The molecule has 246 valence electrons. The molecular weight excluding hydrogens is 534 g/mol. The first-order valence-corrected chi connectivity index (χ1v) is 17.1. The predicted octanol–water partition coefficient (Wildman–Crippen LogP) is 7.76. The second kappa shape index (κ2) is 15.1. The van der Waals surface area contributed by atoms with E-state index in [1.54, 1.807) is 0 Å². The highest BCUT2D eigenvalue weighted by molar-refractivity contribution is 5.76. The quantitative estimate of drug-likeness (QED) is 0.217. The molecule has 2 aliphatic rings. The number of benzene rings is 1. The van der Waals surface area contributed by atoms with Gasteiger partial charge in [0.2, 0.25) is 5.91 Å². The Morgan fingerprint density at radius 3 is 1.84 bits per heavy atom. The van der Waals surface area contributed by atoms with E-state index in [1.165, 1.54) is 31.5 Å². The number of rotatable bonds is 13. The molecule has 2 heterocycles. The zero-order chi connectivity index (χ0) is 31.9. The normalized spacial score (nSPS) is 18.7. The van der Waals surface area contributed by atoms with Gasteiger partial charge in [-0.3, -0.25) is 14.6 Å². The Morgan fingerprint density at radius 1 is 0.721 bits per heavy atom. The molecule has 6 nitrogen and oxygen atoms in total. The van der Waals surface area contributed by atoms with Gasteiger partial charge < -0.3 is 14.4 Å². The van der Waals surface area contributed by atoms with Crippen LogP contribution in [-0.4, -0.2) is 89.8 Å². The van der Waals surface area contributed by atoms with E-state index in [0.717, 1.165) is 64.2 Å². The summed E-state index contributed by atoms with van der Waals surface area (Å²) in [6, 6.07) is 8.92. The zero-order valence-corrected chi connectivity index (χ0v) is 29.6. The van der Waals surface area contributed by atoms with Gasteiger partial charge in [0.1, 0.15) is 11.4 Å². The van der Waals surface area contributed by atoms with Crippen molar-refractivity contribution in [2.24, 2.45) is 5.41 Å². The van der Waals surface area contributed by atoms with Crippen molar-refractivity contribution in [1.82, 2.24) is 14.7 Å². The molecule has 1 amide bonds. The monoisotopic (exact) mass is 600 g/mol. The van der Waals surface area contributed by atoms with Crippen molar-refractivity contribution in [1.29, 1.82) is 0 Å². The number of likely N-dealkylation sites (tertiary alicyclic amines) is 1. The van der Waals surface area contributed by atoms with Gasteiger partial charge in [0.15, 0.2) is 0 Å². The SMILES string of the molecule is CC(C)(CCCOCCC(=O)N1CCN(C(C)(C)C)CC1)CCC(C)(C)Oc1ccc(C2CCN(C(C)(C)C)CC2)cc1. The molecule has 2 saturated heterocycles. The highest BCUT2D eigenvalue weighted by atomic mass is 16.5. The van der Waals surface area contributed by atoms with Crippen LogP contribution in [0, 0.1) is 5.41 Å². The van der Waals surface area contributed by atoms with Crippen molar-refractivity contribution in [3.8, 4) is 5.75 Å². The molecule has 2 aliphatic heterocycles. The average Bonchev–Trinajstić information content (AvgIpc) is 2.93. The fourth-order valence-corrected chi connectivity index (χ4v) is 6.53. The van der Waals surface area contributed by atoms with Gasteiger partial charge >= 0.3 is 0 Å². The van der Waals surface area contributed by atoms with Gasteiger partial charge in [-0.25, -0.2) is 0 Å². The van der Waals surface area contributed by atoms with Crippen LogP contribution >= 0.6 is 0 Å². The standard InChI is InChI=1S/C37H65N3O3/c1-34(2,3)39-22-16-31(17-23-39)30-12-14-32(15-13-30)43-37(9,10)21-20-36(7,8)19-11-28-42-29-18-33(41)38-24-26-40(27-25-38)35(4,5)6/h12-15,31H,11,16-29H2,1-10H3. The average molecular weight is 600 g/mol. The molecule has 0 spiro atoms. The van der Waals surface area contributed by atoms with Crippen LogP contribution in [-0.2, 0) is 9.53 Å². The Bertz CT molecular complexity index is 974. The maximum absolute atomic E-state index is 12.6. The van der Waals surface area contributed by atoms with Gasteiger partial charge in [0, 0.05) is 43.9 Å². The Hall–Kier alpha value is -1.63. The number of hydrogen-bond donors (Lipinski definition) is 0. The van der Waals surface area contributed by atoms with Crippen LogP contribution in [0.5, 0.6) is 5.75 Å². The minimum absolute atomic E-state index is 0.172. The topological polar surface area (TPSA) is 45.3 Å². The molecule has 0 atom stereocenters. The summed E-state index contributed by atoms with van der Waals surface area (Å²) in [5.74, 6) is 1.85. The number of ether oxygens (including phenoxy) is 2. The van der Waals surface area contributed by atoms with Crippen LogP contribution in [0.1, 0.15) is 126 Å². The lowest BCUT2D eigenvalue weighted by Gasteiger charge is -2.42. The van der Waals surface area contributed by atoms with Crippen LogP contribution in [0.25, 0.3) is 0 Å². The van der Waals surface area contributed by atoms with Crippen molar-refractivity contribution in [3.05, 3.63) is 29.8 Å². The molecule has 1 aromatic rings. The lowest BCUT2D eigenvalue weighted by Crippen LogP contribution is -2.54. The Morgan fingerprint density at radius 2 is 1.28 bits per heavy atom. The molecular formula is C37H65N3O3. The van der Waals surface area contributed by atoms with Crippen LogP contribution < -0.4 is 4.74 Å². The van der Waals surface area contributed by atoms with E-state index in [2.05, 4.69) is 103 Å². The summed E-state index contributed by atoms with van der Waals surface area (Å²) in [5.41, 5.74) is 1.89. The van der Waals surface area contributed by atoms with Gasteiger partial charge in [-0.2, -0.15) is 0 Å². The smallest absolute Gasteiger partial charge is 0.224 e. The van der Waals surface area contributed by atoms with Crippen LogP contribution in [0.15, 0.2) is 24.3 Å². The zero-order valence-electron chi connectivity index (χ0n) is 29.6. The first kappa shape index (κ1) is 35.8. The number of piperazine rings is 1. The molecule has 1 aromatic carbocycles. The molecule has 3 rings (SSSR count). The third kappa shape index (κ3) is 12.0. The lowest BCUT2D eigenvalue weighted by molar-refractivity contribution is -0.134. The number of piperidine rings is 1. The number of carbonyl (C=O) groups is 1. The van der Waals surface area contributed by atoms with Crippen molar-refractivity contribution in [2.45, 2.75) is 137 Å². The minimum atomic E-state index is -0.216. The highest BCUT2D eigenvalue weighted by Crippen LogP contribution is 2.35. The maximum atomic E-state index is 12.6. The van der Waals surface area contributed by atoms with E-state index >= 15 is 0 Å². The second-order valence-corrected chi connectivity index (χ2v) is 16.5. The summed E-state index contributed by atoms with van der Waals surface area (Å²) in [4.78, 5) is 19.7. The Labute approximate surface area is 264 Å². The van der Waals surface area contributed by atoms with Crippen LogP contribution in [0.2, 0.25) is 0 Å². The first-order chi connectivity index (χ1) is 20.0. The van der Waals surface area contributed by atoms with Crippen LogP contribution in [0.3, 0.4) is 0 Å². The van der Waals surface area contributed by atoms with Gasteiger partial charge in [0.05, 0.1) is 13.0 Å². The van der Waals surface area contributed by atoms with Gasteiger partial charge in [-0.15, -0.1) is 0 Å². The largest absolute Gasteiger partial charge is 0.488 e. The summed E-state index contributed by atoms with van der Waals surface area (Å²) >= 11 is 0. The number of carbonyl (C=O) groups excluding carboxylic acids is 1. The molecule has 6 heteroatoms. The number of amides is 1. The van der Waals surface area contributed by atoms with Gasteiger partial charge in [-0.1, -0.05) is 26.0 Å². The minimum Gasteiger partial charge on any atom is -0.488 e. The Kier molecular flexibility index (Phi) is 12.6. The lowest BCUT2D eigenvalue weighted by atomic mass is 9.80. The van der Waals surface area contributed by atoms with Crippen molar-refractivity contribution in [3.63, 3.8) is 0 Å². The van der Waals surface area contributed by atoms with Crippen molar-refractivity contribution in [2.75, 3.05) is 52.5 Å². The third-order valence-electron chi connectivity index (χ3n) is 9.78. The fraction of sp³-hybridized carbons (Fsp3) is 0.811. The molecule has 0 unspecified atom stereocenters. The first-order valence-electron chi connectivity index (χ1n) is 17.1. The summed E-state index contributed by atoms with van der Waals surface area (Å²) in [6.07, 6.45) is 7.18. The molecule has 0 bridgehead atoms. The highest BCUT2D eigenvalue weighted by Gasteiger charge is 2.29. The van der Waals surface area contributed by atoms with Gasteiger partial charge in [0.25, 0.3) is 0 Å². The summed E-state index contributed by atoms with van der Waals surface area (Å²) in [7, 11) is 0. The maximum Gasteiger partial charge on any atom is 0.224 e. The van der Waals surface area contributed by atoms with Crippen molar-refractivity contribution < 1.29 is 14.3 Å². The predicted molar refractivity (Wildman–Crippen MR) is 180 cm³/mol. The number of hydrogen-bond acceptors (Lipinski definition) is 5. The third-order valence-corrected chi connectivity index (χ3v) is 9.78. The molecule has 0 radical (unpaired) electrons. The second-order valence-electron chi connectivity index (χ2n) is 16.5.